The number of unbranched alkanes of at least 4 members (excludes halogenated alkanes) is 29. The van der Waals surface area contributed by atoms with Gasteiger partial charge in [-0.1, -0.05) is 234 Å². The molecular weight excluding hydrogens is 697 g/mol. The maximum absolute atomic E-state index is 12.7. The van der Waals surface area contributed by atoms with Crippen molar-refractivity contribution >= 4 is 17.9 Å². The van der Waals surface area contributed by atoms with Crippen LogP contribution in [0.4, 0.5) is 0 Å². The van der Waals surface area contributed by atoms with Gasteiger partial charge in [-0.3, -0.25) is 14.4 Å². The lowest BCUT2D eigenvalue weighted by Crippen LogP contribution is -2.30. The monoisotopic (exact) mass is 793 g/mol. The zero-order chi connectivity index (χ0) is 41.2. The van der Waals surface area contributed by atoms with Crippen LogP contribution in [0.1, 0.15) is 272 Å². The third-order valence-corrected chi connectivity index (χ3v) is 11.2. The van der Waals surface area contributed by atoms with Gasteiger partial charge in [-0.25, -0.2) is 0 Å². The Balaban J connectivity index is 4.19. The minimum absolute atomic E-state index is 0.0648. The molecule has 0 aromatic heterocycles. The van der Waals surface area contributed by atoms with Crippen molar-refractivity contribution in [1.82, 2.24) is 0 Å². The number of carbonyl (C=O) groups excluding carboxylic acids is 3. The zero-order valence-corrected chi connectivity index (χ0v) is 38.3. The van der Waals surface area contributed by atoms with E-state index in [1.54, 1.807) is 0 Å². The molecule has 0 N–H and O–H groups in total. The maximum atomic E-state index is 12.7. The van der Waals surface area contributed by atoms with Crippen LogP contribution in [-0.4, -0.2) is 37.2 Å². The molecule has 0 rings (SSSR count). The third kappa shape index (κ3) is 43.5. The lowest BCUT2D eigenvalue weighted by Gasteiger charge is -2.18. The van der Waals surface area contributed by atoms with Crippen LogP contribution in [0, 0.1) is 11.8 Å². The van der Waals surface area contributed by atoms with E-state index in [1.165, 1.54) is 161 Å². The van der Waals surface area contributed by atoms with Crippen LogP contribution in [0.5, 0.6) is 0 Å². The number of hydrogen-bond acceptors (Lipinski definition) is 6. The van der Waals surface area contributed by atoms with Gasteiger partial charge in [-0.2, -0.15) is 0 Å². The maximum Gasteiger partial charge on any atom is 0.306 e. The van der Waals surface area contributed by atoms with Gasteiger partial charge in [0.1, 0.15) is 13.2 Å². The quantitative estimate of drug-likeness (QED) is 0.0347. The minimum Gasteiger partial charge on any atom is -0.462 e. The molecule has 0 aliphatic heterocycles. The Labute approximate surface area is 348 Å². The van der Waals surface area contributed by atoms with Gasteiger partial charge in [0, 0.05) is 19.3 Å². The van der Waals surface area contributed by atoms with Gasteiger partial charge >= 0.3 is 17.9 Å². The number of rotatable bonds is 44. The van der Waals surface area contributed by atoms with E-state index >= 15 is 0 Å². The fourth-order valence-corrected chi connectivity index (χ4v) is 7.46. The highest BCUT2D eigenvalue weighted by Crippen LogP contribution is 2.17. The van der Waals surface area contributed by atoms with Crippen LogP contribution in [0.3, 0.4) is 0 Å². The predicted molar refractivity (Wildman–Crippen MR) is 238 cm³/mol. The molecule has 0 fully saturated rings. The fraction of sp³-hybridized carbons (Fsp3) is 0.940. The van der Waals surface area contributed by atoms with E-state index in [2.05, 4.69) is 34.6 Å². The normalized spacial score (nSPS) is 12.1. The average Bonchev–Trinajstić information content (AvgIpc) is 3.16. The molecule has 0 radical (unpaired) electrons. The summed E-state index contributed by atoms with van der Waals surface area (Å²) < 4.78 is 16.7. The van der Waals surface area contributed by atoms with Crippen molar-refractivity contribution in [2.24, 2.45) is 11.8 Å². The minimum atomic E-state index is -0.760. The van der Waals surface area contributed by atoms with Crippen molar-refractivity contribution in [2.45, 2.75) is 278 Å². The lowest BCUT2D eigenvalue weighted by atomic mass is 10.0. The van der Waals surface area contributed by atoms with Gasteiger partial charge in [-0.15, -0.1) is 0 Å². The van der Waals surface area contributed by atoms with E-state index in [0.717, 1.165) is 69.6 Å². The van der Waals surface area contributed by atoms with Crippen LogP contribution in [0.2, 0.25) is 0 Å². The highest BCUT2D eigenvalue weighted by Gasteiger charge is 2.19. The summed E-state index contributed by atoms with van der Waals surface area (Å²) in [6.07, 6.45) is 42.5. The molecule has 0 spiro atoms. The molecule has 0 saturated heterocycles. The Bertz CT molecular complexity index is 854. The summed E-state index contributed by atoms with van der Waals surface area (Å²) in [5, 5.41) is 0. The molecule has 0 bridgehead atoms. The Morgan fingerprint density at radius 2 is 0.589 bits per heavy atom. The zero-order valence-electron chi connectivity index (χ0n) is 38.3. The molecule has 0 unspecified atom stereocenters. The highest BCUT2D eigenvalue weighted by atomic mass is 16.6. The summed E-state index contributed by atoms with van der Waals surface area (Å²) in [6, 6.07) is 0. The van der Waals surface area contributed by atoms with E-state index in [1.807, 2.05) is 0 Å². The summed E-state index contributed by atoms with van der Waals surface area (Å²) >= 11 is 0. The second-order valence-corrected chi connectivity index (χ2v) is 18.1. The van der Waals surface area contributed by atoms with Crippen LogP contribution in [-0.2, 0) is 28.6 Å². The van der Waals surface area contributed by atoms with Crippen LogP contribution in [0.15, 0.2) is 0 Å². The topological polar surface area (TPSA) is 78.9 Å². The Kier molecular flexibility index (Phi) is 41.8. The van der Waals surface area contributed by atoms with Crippen LogP contribution in [0.25, 0.3) is 0 Å². The van der Waals surface area contributed by atoms with Gasteiger partial charge in [0.05, 0.1) is 0 Å². The molecule has 6 nitrogen and oxygen atoms in total. The average molecular weight is 793 g/mol. The van der Waals surface area contributed by atoms with Crippen molar-refractivity contribution < 1.29 is 28.6 Å². The molecule has 56 heavy (non-hydrogen) atoms. The van der Waals surface area contributed by atoms with Crippen molar-refractivity contribution in [1.29, 1.82) is 0 Å². The van der Waals surface area contributed by atoms with Gasteiger partial charge in [0.25, 0.3) is 0 Å². The van der Waals surface area contributed by atoms with E-state index in [-0.39, 0.29) is 31.1 Å². The van der Waals surface area contributed by atoms with E-state index in [4.69, 9.17) is 14.2 Å². The molecule has 0 aliphatic rings. The fourth-order valence-electron chi connectivity index (χ4n) is 7.46. The number of ether oxygens (including phenoxy) is 3. The predicted octanol–water partition coefficient (Wildman–Crippen LogP) is 15.8. The number of esters is 3. The molecule has 0 aromatic carbocycles. The molecule has 6 heteroatoms. The van der Waals surface area contributed by atoms with Crippen molar-refractivity contribution in [3.63, 3.8) is 0 Å². The van der Waals surface area contributed by atoms with Gasteiger partial charge in [-0.05, 0) is 31.1 Å². The van der Waals surface area contributed by atoms with Crippen molar-refractivity contribution in [3.05, 3.63) is 0 Å². The molecule has 0 saturated carbocycles. The van der Waals surface area contributed by atoms with Gasteiger partial charge in [0.2, 0.25) is 0 Å². The van der Waals surface area contributed by atoms with Gasteiger partial charge in [0.15, 0.2) is 6.10 Å². The number of carbonyl (C=O) groups is 3. The van der Waals surface area contributed by atoms with E-state index in [9.17, 15) is 14.4 Å². The standard InChI is InChI=1S/C50H96O6/c1-6-7-8-9-10-19-25-30-35-40-48(51)54-43-47(56-50(53)42-37-32-27-22-24-29-34-39-46(4)5)44-55-49(52)41-36-31-26-21-18-16-14-12-11-13-15-17-20-23-28-33-38-45(2)3/h45-47H,6-44H2,1-5H3/t47-/m1/s1. The first-order valence-corrected chi connectivity index (χ1v) is 24.7. The first kappa shape index (κ1) is 54.4. The summed E-state index contributed by atoms with van der Waals surface area (Å²) in [7, 11) is 0. The third-order valence-electron chi connectivity index (χ3n) is 11.2. The summed E-state index contributed by atoms with van der Waals surface area (Å²) in [4.78, 5) is 37.7. The Morgan fingerprint density at radius 1 is 0.339 bits per heavy atom. The Hall–Kier alpha value is -1.59. The molecule has 0 aromatic rings. The van der Waals surface area contributed by atoms with Crippen LogP contribution >= 0.6 is 0 Å². The molecule has 1 atom stereocenters. The highest BCUT2D eigenvalue weighted by molar-refractivity contribution is 5.71. The second-order valence-electron chi connectivity index (χ2n) is 18.1. The van der Waals surface area contributed by atoms with E-state index < -0.39 is 6.10 Å². The lowest BCUT2D eigenvalue weighted by molar-refractivity contribution is -0.167. The molecule has 332 valence electrons. The molecule has 0 aliphatic carbocycles. The first-order chi connectivity index (χ1) is 27.2. The molecule has 0 heterocycles. The molecular formula is C50H96O6. The van der Waals surface area contributed by atoms with Crippen LogP contribution < -0.4 is 0 Å². The van der Waals surface area contributed by atoms with Gasteiger partial charge < -0.3 is 14.2 Å². The first-order valence-electron chi connectivity index (χ1n) is 24.7. The molecule has 0 amide bonds. The summed E-state index contributed by atoms with van der Waals surface area (Å²) in [5.41, 5.74) is 0. The SMILES string of the molecule is CCCCCCCCCCCC(=O)OC[C@H](COC(=O)CCCCCCCCCCCCCCCCCCC(C)C)OC(=O)CCCCCCCCCC(C)C. The van der Waals surface area contributed by atoms with Crippen molar-refractivity contribution in [2.75, 3.05) is 13.2 Å². The largest absolute Gasteiger partial charge is 0.462 e. The number of hydrogen-bond donors (Lipinski definition) is 0. The van der Waals surface area contributed by atoms with E-state index in [0.29, 0.717) is 19.3 Å². The van der Waals surface area contributed by atoms with Crippen molar-refractivity contribution in [3.8, 4) is 0 Å². The Morgan fingerprint density at radius 3 is 0.875 bits per heavy atom. The smallest absolute Gasteiger partial charge is 0.306 e. The second kappa shape index (κ2) is 43.0. The summed E-state index contributed by atoms with van der Waals surface area (Å²) in [5.74, 6) is 0.774. The summed E-state index contributed by atoms with van der Waals surface area (Å²) in [6.45, 7) is 11.3.